The zero-order chi connectivity index (χ0) is 21.3. The zero-order valence-electron chi connectivity index (χ0n) is 16.0. The fourth-order valence-electron chi connectivity index (χ4n) is 2.92. The molecule has 1 aliphatic carbocycles. The van der Waals surface area contributed by atoms with E-state index in [2.05, 4.69) is 20.0 Å². The van der Waals surface area contributed by atoms with Gasteiger partial charge in [0.05, 0.1) is 11.0 Å². The first-order valence-corrected chi connectivity index (χ1v) is 9.28. The van der Waals surface area contributed by atoms with E-state index in [1.54, 1.807) is 30.1 Å². The standard InChI is InChI=1S/C20H19F3N4O3/c1-27(13-4-5-13)18(28)11-29-15-8-9-16-17(10-15)26-19(25-16)24-12-2-6-14(7-3-12)30-20(21,22)23/h2-3,6-10,13H,4-5,11H2,1H3,(H2,24,25,26). The molecule has 0 unspecified atom stereocenters. The summed E-state index contributed by atoms with van der Waals surface area (Å²) in [5.74, 6) is 0.559. The van der Waals surface area contributed by atoms with E-state index in [1.165, 1.54) is 24.3 Å². The average molecular weight is 420 g/mol. The van der Waals surface area contributed by atoms with Crippen LogP contribution < -0.4 is 14.8 Å². The number of anilines is 2. The number of amides is 1. The van der Waals surface area contributed by atoms with Crippen LogP contribution >= 0.6 is 0 Å². The number of imidazole rings is 1. The molecule has 0 spiro atoms. The number of alkyl halides is 3. The number of halogens is 3. The number of ether oxygens (including phenoxy) is 2. The molecule has 0 radical (unpaired) electrons. The van der Waals surface area contributed by atoms with E-state index < -0.39 is 6.36 Å². The van der Waals surface area contributed by atoms with E-state index in [-0.39, 0.29) is 18.3 Å². The van der Waals surface area contributed by atoms with Crippen molar-refractivity contribution in [2.24, 2.45) is 0 Å². The molecule has 158 valence electrons. The molecule has 3 aromatic rings. The van der Waals surface area contributed by atoms with Crippen LogP contribution in [0, 0.1) is 0 Å². The SMILES string of the molecule is CN(C(=O)COc1ccc2[nH]c(Nc3ccc(OC(F)(F)F)cc3)nc2c1)C1CC1. The highest BCUT2D eigenvalue weighted by molar-refractivity contribution is 5.81. The predicted molar refractivity (Wildman–Crippen MR) is 104 cm³/mol. The van der Waals surface area contributed by atoms with Crippen LogP contribution in [-0.2, 0) is 4.79 Å². The topological polar surface area (TPSA) is 79.5 Å². The molecule has 1 fully saturated rings. The van der Waals surface area contributed by atoms with Crippen molar-refractivity contribution >= 4 is 28.6 Å². The summed E-state index contributed by atoms with van der Waals surface area (Å²) in [5.41, 5.74) is 1.90. The van der Waals surface area contributed by atoms with Crippen molar-refractivity contribution in [3.8, 4) is 11.5 Å². The minimum atomic E-state index is -4.73. The van der Waals surface area contributed by atoms with Gasteiger partial charge in [0.25, 0.3) is 5.91 Å². The van der Waals surface area contributed by atoms with Gasteiger partial charge in [-0.25, -0.2) is 4.98 Å². The summed E-state index contributed by atoms with van der Waals surface area (Å²) in [6.07, 6.45) is -2.66. The van der Waals surface area contributed by atoms with Crippen LogP contribution in [-0.4, -0.2) is 46.8 Å². The third-order valence-corrected chi connectivity index (χ3v) is 4.66. The normalized spacial score (nSPS) is 13.9. The molecule has 2 N–H and O–H groups in total. The maximum Gasteiger partial charge on any atom is 0.573 e. The van der Waals surface area contributed by atoms with Crippen molar-refractivity contribution in [2.45, 2.75) is 25.2 Å². The quantitative estimate of drug-likeness (QED) is 0.599. The molecular weight excluding hydrogens is 401 g/mol. The molecule has 4 rings (SSSR count). The van der Waals surface area contributed by atoms with Crippen molar-refractivity contribution < 1.29 is 27.4 Å². The van der Waals surface area contributed by atoms with Gasteiger partial charge in [0.1, 0.15) is 11.5 Å². The van der Waals surface area contributed by atoms with Gasteiger partial charge in [0, 0.05) is 24.8 Å². The maximum absolute atomic E-state index is 12.2. The fourth-order valence-corrected chi connectivity index (χ4v) is 2.92. The van der Waals surface area contributed by atoms with Crippen LogP contribution in [0.2, 0.25) is 0 Å². The van der Waals surface area contributed by atoms with Crippen molar-refractivity contribution in [3.05, 3.63) is 42.5 Å². The third kappa shape index (κ3) is 4.94. The number of aromatic nitrogens is 2. The minimum Gasteiger partial charge on any atom is -0.484 e. The Hall–Kier alpha value is -3.43. The number of carbonyl (C=O) groups excluding carboxylic acids is 1. The molecule has 30 heavy (non-hydrogen) atoms. The number of aromatic amines is 1. The number of hydrogen-bond donors (Lipinski definition) is 2. The Morgan fingerprint density at radius 2 is 1.90 bits per heavy atom. The number of likely N-dealkylation sites (N-methyl/N-ethyl adjacent to an activating group) is 1. The predicted octanol–water partition coefficient (Wildman–Crippen LogP) is 4.20. The lowest BCUT2D eigenvalue weighted by molar-refractivity contribution is -0.274. The van der Waals surface area contributed by atoms with E-state index in [9.17, 15) is 18.0 Å². The third-order valence-electron chi connectivity index (χ3n) is 4.66. The molecule has 10 heteroatoms. The second kappa shape index (κ2) is 7.77. The number of H-pyrrole nitrogens is 1. The highest BCUT2D eigenvalue weighted by Gasteiger charge is 2.31. The molecule has 0 atom stereocenters. The van der Waals surface area contributed by atoms with E-state index >= 15 is 0 Å². The number of nitrogens with one attached hydrogen (secondary N) is 2. The van der Waals surface area contributed by atoms with Crippen molar-refractivity contribution in [3.63, 3.8) is 0 Å². The van der Waals surface area contributed by atoms with Gasteiger partial charge in [-0.3, -0.25) is 4.79 Å². The van der Waals surface area contributed by atoms with Crippen LogP contribution in [0.15, 0.2) is 42.5 Å². The highest BCUT2D eigenvalue weighted by Crippen LogP contribution is 2.27. The molecule has 1 aliphatic rings. The van der Waals surface area contributed by atoms with Crippen molar-refractivity contribution in [1.29, 1.82) is 0 Å². The van der Waals surface area contributed by atoms with Gasteiger partial charge in [0.15, 0.2) is 6.61 Å². The van der Waals surface area contributed by atoms with Crippen molar-refractivity contribution in [1.82, 2.24) is 14.9 Å². The fraction of sp³-hybridized carbons (Fsp3) is 0.300. The van der Waals surface area contributed by atoms with E-state index in [4.69, 9.17) is 4.74 Å². The lowest BCUT2D eigenvalue weighted by Gasteiger charge is -2.16. The Morgan fingerprint density at radius 3 is 2.57 bits per heavy atom. The maximum atomic E-state index is 12.2. The summed E-state index contributed by atoms with van der Waals surface area (Å²) >= 11 is 0. The summed E-state index contributed by atoms with van der Waals surface area (Å²) in [7, 11) is 1.78. The largest absolute Gasteiger partial charge is 0.573 e. The Kier molecular flexibility index (Phi) is 5.15. The van der Waals surface area contributed by atoms with Crippen LogP contribution in [0.3, 0.4) is 0 Å². The highest BCUT2D eigenvalue weighted by atomic mass is 19.4. The number of rotatable bonds is 7. The van der Waals surface area contributed by atoms with Crippen LogP contribution in [0.4, 0.5) is 24.8 Å². The first kappa shape index (κ1) is 19.9. The molecule has 0 bridgehead atoms. The Morgan fingerprint density at radius 1 is 1.20 bits per heavy atom. The van der Waals surface area contributed by atoms with Crippen LogP contribution in [0.25, 0.3) is 11.0 Å². The summed E-state index contributed by atoms with van der Waals surface area (Å²) in [6.45, 7) is -0.0413. The number of carbonyl (C=O) groups is 1. The molecular formula is C20H19F3N4O3. The average Bonchev–Trinajstić information content (AvgIpc) is 3.46. The van der Waals surface area contributed by atoms with Crippen LogP contribution in [0.5, 0.6) is 11.5 Å². The molecule has 0 aliphatic heterocycles. The minimum absolute atomic E-state index is 0.0413. The first-order chi connectivity index (χ1) is 14.3. The molecule has 1 aromatic heterocycles. The molecule has 1 heterocycles. The van der Waals surface area contributed by atoms with Gasteiger partial charge in [0.2, 0.25) is 5.95 Å². The molecule has 1 saturated carbocycles. The van der Waals surface area contributed by atoms with Gasteiger partial charge >= 0.3 is 6.36 Å². The first-order valence-electron chi connectivity index (χ1n) is 9.28. The second-order valence-electron chi connectivity index (χ2n) is 6.99. The lowest BCUT2D eigenvalue weighted by atomic mass is 10.3. The Balaban J connectivity index is 1.39. The van der Waals surface area contributed by atoms with E-state index in [0.717, 1.165) is 18.4 Å². The number of nitrogens with zero attached hydrogens (tertiary/aromatic N) is 2. The van der Waals surface area contributed by atoms with Gasteiger partial charge in [-0.05, 0) is 49.2 Å². The molecule has 7 nitrogen and oxygen atoms in total. The van der Waals surface area contributed by atoms with Crippen molar-refractivity contribution in [2.75, 3.05) is 19.0 Å². The van der Waals surface area contributed by atoms with Crippen LogP contribution in [0.1, 0.15) is 12.8 Å². The van der Waals surface area contributed by atoms with Gasteiger partial charge in [-0.15, -0.1) is 13.2 Å². The number of hydrogen-bond acceptors (Lipinski definition) is 5. The molecule has 2 aromatic carbocycles. The summed E-state index contributed by atoms with van der Waals surface area (Å²) < 4.78 is 46.1. The smallest absolute Gasteiger partial charge is 0.484 e. The number of benzene rings is 2. The summed E-state index contributed by atoms with van der Waals surface area (Å²) in [4.78, 5) is 21.2. The molecule has 0 saturated heterocycles. The van der Waals surface area contributed by atoms with E-state index in [1.807, 2.05) is 0 Å². The number of fused-ring (bicyclic) bond motifs is 1. The van der Waals surface area contributed by atoms with E-state index in [0.29, 0.717) is 28.9 Å². The zero-order valence-corrected chi connectivity index (χ0v) is 16.0. The summed E-state index contributed by atoms with van der Waals surface area (Å²) in [6, 6.07) is 10.9. The second-order valence-corrected chi connectivity index (χ2v) is 6.99. The monoisotopic (exact) mass is 420 g/mol. The lowest BCUT2D eigenvalue weighted by Crippen LogP contribution is -2.33. The molecule has 1 amide bonds. The van der Waals surface area contributed by atoms with Gasteiger partial charge < -0.3 is 24.7 Å². The van der Waals surface area contributed by atoms with Gasteiger partial charge in [-0.1, -0.05) is 0 Å². The van der Waals surface area contributed by atoms with Gasteiger partial charge in [-0.2, -0.15) is 0 Å². The summed E-state index contributed by atoms with van der Waals surface area (Å²) in [5, 5.41) is 2.98. The Labute approximate surface area is 169 Å². The Bertz CT molecular complexity index is 1050.